The van der Waals surface area contributed by atoms with Crippen LogP contribution >= 0.6 is 0 Å². The molecule has 2 heteroatoms. The molecule has 0 spiro atoms. The molecule has 0 aliphatic rings. The van der Waals surface area contributed by atoms with Crippen LogP contribution in [0, 0.1) is 0 Å². The maximum Gasteiger partial charge on any atom is 0.119 e. The lowest BCUT2D eigenvalue weighted by Crippen LogP contribution is -2.02. The molecule has 5 aromatic carbocycles. The molecule has 0 heterocycles. The molecule has 2 N–H and O–H groups in total. The molecule has 0 aliphatic carbocycles. The number of para-hydroxylation sites is 1. The second-order valence-corrected chi connectivity index (χ2v) is 7.67. The molecule has 0 aromatic heterocycles. The van der Waals surface area contributed by atoms with Crippen LogP contribution in [0.3, 0.4) is 0 Å². The highest BCUT2D eigenvalue weighted by Crippen LogP contribution is 2.24. The molecule has 2 nitrogen and oxygen atoms in total. The number of rotatable bonds is 6. The summed E-state index contributed by atoms with van der Waals surface area (Å²) in [5.41, 5.74) is 6.42. The summed E-state index contributed by atoms with van der Waals surface area (Å²) in [6, 6.07) is 49.8. The van der Waals surface area contributed by atoms with Crippen LogP contribution in [0.25, 0.3) is 22.3 Å². The molecule has 0 fully saturated rings. The van der Waals surface area contributed by atoms with Crippen molar-refractivity contribution in [3.8, 4) is 28.0 Å². The van der Waals surface area contributed by atoms with Crippen molar-refractivity contribution < 1.29 is 10.2 Å². The Bertz CT molecular complexity index is 1170. The smallest absolute Gasteiger partial charge is 0.119 e. The van der Waals surface area contributed by atoms with E-state index in [9.17, 15) is 0 Å². The normalized spacial score (nSPS) is 9.76. The molecule has 34 heavy (non-hydrogen) atoms. The van der Waals surface area contributed by atoms with Gasteiger partial charge in [0.15, 0.2) is 0 Å². The van der Waals surface area contributed by atoms with Crippen LogP contribution in [-0.2, 0) is 6.42 Å². The van der Waals surface area contributed by atoms with Crippen LogP contribution in [0.4, 0.5) is 0 Å². The Morgan fingerprint density at radius 2 is 0.824 bits per heavy atom. The highest BCUT2D eigenvalue weighted by atomic mass is 16.5. The zero-order chi connectivity index (χ0) is 22.6. The van der Waals surface area contributed by atoms with E-state index < -0.39 is 0 Å². The zero-order valence-corrected chi connectivity index (χ0v) is 19.2. The van der Waals surface area contributed by atoms with Gasteiger partial charge in [0.05, 0.1) is 6.61 Å². The third kappa shape index (κ3) is 7.19. The number of hydrogen-bond donors (Lipinski definition) is 0. The summed E-state index contributed by atoms with van der Waals surface area (Å²) in [6.45, 7) is 0.688. The van der Waals surface area contributed by atoms with Gasteiger partial charge in [-0.2, -0.15) is 0 Å². The third-order valence-electron chi connectivity index (χ3n) is 5.37. The number of benzene rings is 5. The first-order chi connectivity index (χ1) is 16.4. The lowest BCUT2D eigenvalue weighted by atomic mass is 9.98. The molecule has 170 valence electrons. The van der Waals surface area contributed by atoms with Crippen molar-refractivity contribution in [2.45, 2.75) is 6.42 Å². The standard InChI is InChI=1S/C20H18O.C12H10.H2O/c1-3-9-17(10-4-1)20-14-8-7-11-18(20)15-16-21-19-12-5-2-6-13-19;1-3-7-11(8-4-1)12-9-5-2-6-10-12;/h1-14H,15-16H2;1-10H;1H2. The topological polar surface area (TPSA) is 40.7 Å². The molecule has 0 bridgehead atoms. The quantitative estimate of drug-likeness (QED) is 0.266. The van der Waals surface area contributed by atoms with Crippen molar-refractivity contribution in [3.63, 3.8) is 0 Å². The first kappa shape index (κ1) is 24.5. The van der Waals surface area contributed by atoms with Crippen molar-refractivity contribution >= 4 is 0 Å². The molecule has 0 amide bonds. The molecular formula is C32H30O2. The van der Waals surface area contributed by atoms with Gasteiger partial charge in [0.2, 0.25) is 0 Å². The average Bonchev–Trinajstić information content (AvgIpc) is 2.91. The fourth-order valence-electron chi connectivity index (χ4n) is 3.69. The van der Waals surface area contributed by atoms with Gasteiger partial charge in [-0.25, -0.2) is 0 Å². The van der Waals surface area contributed by atoms with E-state index in [1.807, 2.05) is 48.5 Å². The lowest BCUT2D eigenvalue weighted by molar-refractivity contribution is 0.322. The summed E-state index contributed by atoms with van der Waals surface area (Å²) in [7, 11) is 0. The predicted molar refractivity (Wildman–Crippen MR) is 143 cm³/mol. The van der Waals surface area contributed by atoms with E-state index in [1.165, 1.54) is 27.8 Å². The highest BCUT2D eigenvalue weighted by Gasteiger charge is 2.04. The van der Waals surface area contributed by atoms with Crippen LogP contribution in [-0.4, -0.2) is 12.1 Å². The highest BCUT2D eigenvalue weighted by molar-refractivity contribution is 5.67. The SMILES string of the molecule is O.c1ccc(-c2ccccc2)cc1.c1ccc(OCCc2ccccc2-c2ccccc2)cc1. The molecule has 0 unspecified atom stereocenters. The molecular weight excluding hydrogens is 416 g/mol. The number of ether oxygens (including phenoxy) is 1. The van der Waals surface area contributed by atoms with Crippen molar-refractivity contribution in [3.05, 3.63) is 151 Å². The Hall–Kier alpha value is -4.14. The van der Waals surface area contributed by atoms with E-state index in [1.54, 1.807) is 0 Å². The molecule has 0 saturated heterocycles. The van der Waals surface area contributed by atoms with Gasteiger partial charge in [-0.15, -0.1) is 0 Å². The second kappa shape index (κ2) is 13.4. The maximum atomic E-state index is 5.80. The molecule has 0 saturated carbocycles. The van der Waals surface area contributed by atoms with Gasteiger partial charge >= 0.3 is 0 Å². The summed E-state index contributed by atoms with van der Waals surface area (Å²) in [6.07, 6.45) is 0.903. The van der Waals surface area contributed by atoms with Gasteiger partial charge < -0.3 is 10.2 Å². The van der Waals surface area contributed by atoms with Gasteiger partial charge in [-0.1, -0.05) is 133 Å². The molecule has 0 atom stereocenters. The van der Waals surface area contributed by atoms with E-state index in [4.69, 9.17) is 4.74 Å². The fourth-order valence-corrected chi connectivity index (χ4v) is 3.69. The average molecular weight is 447 g/mol. The summed E-state index contributed by atoms with van der Waals surface area (Å²) in [5, 5.41) is 0. The Morgan fingerprint density at radius 3 is 1.35 bits per heavy atom. The third-order valence-corrected chi connectivity index (χ3v) is 5.37. The maximum absolute atomic E-state index is 5.80. The first-order valence-electron chi connectivity index (χ1n) is 11.3. The van der Waals surface area contributed by atoms with Crippen LogP contribution in [0.2, 0.25) is 0 Å². The van der Waals surface area contributed by atoms with Crippen molar-refractivity contribution in [2.75, 3.05) is 6.61 Å². The first-order valence-corrected chi connectivity index (χ1v) is 11.3. The van der Waals surface area contributed by atoms with Crippen LogP contribution in [0.5, 0.6) is 5.75 Å². The van der Waals surface area contributed by atoms with Gasteiger partial charge in [-0.3, -0.25) is 0 Å². The Balaban J connectivity index is 0.000000212. The summed E-state index contributed by atoms with van der Waals surface area (Å²) < 4.78 is 5.80. The minimum absolute atomic E-state index is 0. The largest absolute Gasteiger partial charge is 0.493 e. The van der Waals surface area contributed by atoms with Crippen LogP contribution in [0.1, 0.15) is 5.56 Å². The molecule has 5 rings (SSSR count). The second-order valence-electron chi connectivity index (χ2n) is 7.67. The Labute approximate surface area is 202 Å². The van der Waals surface area contributed by atoms with E-state index in [0.717, 1.165) is 12.2 Å². The van der Waals surface area contributed by atoms with E-state index in [-0.39, 0.29) is 5.48 Å². The fraction of sp³-hybridized carbons (Fsp3) is 0.0625. The van der Waals surface area contributed by atoms with Gasteiger partial charge in [0, 0.05) is 6.42 Å². The van der Waals surface area contributed by atoms with E-state index in [2.05, 4.69) is 97.1 Å². The Kier molecular flexibility index (Phi) is 9.67. The molecule has 0 radical (unpaired) electrons. The van der Waals surface area contributed by atoms with Crippen molar-refractivity contribution in [2.24, 2.45) is 0 Å². The van der Waals surface area contributed by atoms with Gasteiger partial charge in [0.25, 0.3) is 0 Å². The lowest BCUT2D eigenvalue weighted by Gasteiger charge is -2.11. The summed E-state index contributed by atoms with van der Waals surface area (Å²) >= 11 is 0. The van der Waals surface area contributed by atoms with Gasteiger partial charge in [-0.05, 0) is 39.9 Å². The molecule has 5 aromatic rings. The monoisotopic (exact) mass is 446 g/mol. The van der Waals surface area contributed by atoms with Crippen LogP contribution in [0.15, 0.2) is 146 Å². The zero-order valence-electron chi connectivity index (χ0n) is 19.2. The number of hydrogen-bond acceptors (Lipinski definition) is 1. The summed E-state index contributed by atoms with van der Waals surface area (Å²) in [5.74, 6) is 0.926. The Morgan fingerprint density at radius 1 is 0.412 bits per heavy atom. The van der Waals surface area contributed by atoms with Crippen molar-refractivity contribution in [1.29, 1.82) is 0 Å². The summed E-state index contributed by atoms with van der Waals surface area (Å²) in [4.78, 5) is 0. The minimum atomic E-state index is 0. The van der Waals surface area contributed by atoms with Crippen molar-refractivity contribution in [1.82, 2.24) is 0 Å². The molecule has 0 aliphatic heterocycles. The van der Waals surface area contributed by atoms with Gasteiger partial charge in [0.1, 0.15) is 5.75 Å². The minimum Gasteiger partial charge on any atom is -0.493 e. The van der Waals surface area contributed by atoms with E-state index >= 15 is 0 Å². The van der Waals surface area contributed by atoms with E-state index in [0.29, 0.717) is 6.61 Å². The van der Waals surface area contributed by atoms with Crippen LogP contribution < -0.4 is 4.74 Å². The predicted octanol–water partition coefficient (Wildman–Crippen LogP) is 7.50.